The van der Waals surface area contributed by atoms with Gasteiger partial charge >= 0.3 is 6.18 Å². The molecule has 0 aliphatic carbocycles. The first-order chi connectivity index (χ1) is 19.9. The van der Waals surface area contributed by atoms with E-state index in [4.69, 9.17) is 16.3 Å². The van der Waals surface area contributed by atoms with E-state index < -0.39 is 21.8 Å². The van der Waals surface area contributed by atoms with Gasteiger partial charge in [0.15, 0.2) is 0 Å². The Kier molecular flexibility index (Phi) is 11.1. The molecule has 0 N–H and O–H groups in total. The van der Waals surface area contributed by atoms with Gasteiger partial charge in [0.2, 0.25) is 10.0 Å². The molecule has 2 atom stereocenters. The van der Waals surface area contributed by atoms with Gasteiger partial charge in [0.1, 0.15) is 0 Å². The molecule has 1 aliphatic rings. The Morgan fingerprint density at radius 1 is 1.00 bits per heavy atom. The number of benzene rings is 3. The van der Waals surface area contributed by atoms with Crippen LogP contribution in [0.15, 0.2) is 78.9 Å². The van der Waals surface area contributed by atoms with Crippen LogP contribution in [-0.4, -0.2) is 62.3 Å². The molecule has 0 unspecified atom stereocenters. The van der Waals surface area contributed by atoms with Crippen molar-refractivity contribution in [1.29, 1.82) is 0 Å². The molecule has 1 fully saturated rings. The second-order valence-corrected chi connectivity index (χ2v) is 13.3. The second-order valence-electron chi connectivity index (χ2n) is 11.0. The van der Waals surface area contributed by atoms with E-state index in [2.05, 4.69) is 29.2 Å². The highest BCUT2D eigenvalue weighted by molar-refractivity contribution is 7.88. The summed E-state index contributed by atoms with van der Waals surface area (Å²) in [7, 11) is -3.28. The predicted molar refractivity (Wildman–Crippen MR) is 161 cm³/mol. The summed E-state index contributed by atoms with van der Waals surface area (Å²) in [5.41, 5.74) is 1.79. The van der Waals surface area contributed by atoms with Gasteiger partial charge in [-0.05, 0) is 48.9 Å². The number of piperidine rings is 1. The summed E-state index contributed by atoms with van der Waals surface area (Å²) in [5, 5.41) is -0.280. The lowest BCUT2D eigenvalue weighted by molar-refractivity contribution is -0.137. The minimum Gasteiger partial charge on any atom is -0.377 e. The van der Waals surface area contributed by atoms with E-state index >= 15 is 0 Å². The molecular weight excluding hydrogens is 585 g/mol. The molecule has 228 valence electrons. The Hall–Kier alpha value is -2.43. The minimum atomic E-state index is -4.55. The maximum absolute atomic E-state index is 13.7. The molecule has 3 aromatic carbocycles. The molecule has 0 bridgehead atoms. The number of nitrogens with zero attached hydrogens (tertiary/aromatic N) is 2. The summed E-state index contributed by atoms with van der Waals surface area (Å²) in [6.45, 7) is 4.06. The summed E-state index contributed by atoms with van der Waals surface area (Å²) in [4.78, 5) is 2.17. The fourth-order valence-corrected chi connectivity index (χ4v) is 6.67. The average Bonchev–Trinajstić information content (AvgIpc) is 2.96. The van der Waals surface area contributed by atoms with E-state index in [-0.39, 0.29) is 29.6 Å². The zero-order chi connectivity index (χ0) is 30.3. The molecule has 1 heterocycles. The first-order valence-corrected chi connectivity index (χ1v) is 16.4. The fourth-order valence-electron chi connectivity index (χ4n) is 5.48. The second kappa shape index (κ2) is 14.4. The molecule has 3 aromatic rings. The minimum absolute atomic E-state index is 0.0259. The van der Waals surface area contributed by atoms with Crippen molar-refractivity contribution in [1.82, 2.24) is 9.21 Å². The lowest BCUT2D eigenvalue weighted by Gasteiger charge is -2.35. The third-order valence-electron chi connectivity index (χ3n) is 7.90. The number of hydrogen-bond acceptors (Lipinski definition) is 4. The third-order valence-corrected chi connectivity index (χ3v) is 9.62. The normalized spacial score (nSPS) is 17.6. The van der Waals surface area contributed by atoms with Gasteiger partial charge in [-0.15, -0.1) is 0 Å². The monoisotopic (exact) mass is 622 g/mol. The average molecular weight is 623 g/mol. The molecule has 10 heteroatoms. The van der Waals surface area contributed by atoms with Crippen molar-refractivity contribution < 1.29 is 26.3 Å². The smallest absolute Gasteiger partial charge is 0.377 e. The molecule has 5 nitrogen and oxygen atoms in total. The summed E-state index contributed by atoms with van der Waals surface area (Å²) in [6, 6.07) is 24.1. The Morgan fingerprint density at radius 3 is 2.19 bits per heavy atom. The van der Waals surface area contributed by atoms with E-state index in [9.17, 15) is 21.6 Å². The number of hydrogen-bond donors (Lipinski definition) is 0. The molecule has 0 radical (unpaired) electrons. The van der Waals surface area contributed by atoms with Crippen molar-refractivity contribution in [3.05, 3.63) is 106 Å². The number of ether oxygens (including phenoxy) is 1. The largest absolute Gasteiger partial charge is 0.417 e. The van der Waals surface area contributed by atoms with Crippen molar-refractivity contribution in [3.63, 3.8) is 0 Å². The van der Waals surface area contributed by atoms with Crippen molar-refractivity contribution in [2.75, 3.05) is 32.5 Å². The zero-order valence-electron chi connectivity index (χ0n) is 23.9. The van der Waals surface area contributed by atoms with Gasteiger partial charge in [-0.1, -0.05) is 84.4 Å². The maximum atomic E-state index is 13.7. The van der Waals surface area contributed by atoms with Gasteiger partial charge in [0, 0.05) is 44.7 Å². The van der Waals surface area contributed by atoms with Crippen LogP contribution in [0.1, 0.15) is 54.4 Å². The maximum Gasteiger partial charge on any atom is 0.417 e. The highest BCUT2D eigenvalue weighted by Crippen LogP contribution is 2.37. The number of alkyl halides is 3. The molecule has 1 aliphatic heterocycles. The highest BCUT2D eigenvalue weighted by atomic mass is 35.5. The molecule has 0 saturated carbocycles. The van der Waals surface area contributed by atoms with Crippen LogP contribution in [0.5, 0.6) is 0 Å². The molecular formula is C32H38ClF3N2O3S. The Morgan fingerprint density at radius 2 is 1.62 bits per heavy atom. The van der Waals surface area contributed by atoms with Gasteiger partial charge in [0.05, 0.1) is 22.9 Å². The molecule has 4 rings (SSSR count). The van der Waals surface area contributed by atoms with E-state index in [0.29, 0.717) is 38.2 Å². The van der Waals surface area contributed by atoms with Gasteiger partial charge in [-0.25, -0.2) is 8.42 Å². The van der Waals surface area contributed by atoms with Crippen LogP contribution in [-0.2, 0) is 27.5 Å². The predicted octanol–water partition coefficient (Wildman–Crippen LogP) is 7.21. The molecule has 0 spiro atoms. The fraction of sp³-hybridized carbons (Fsp3) is 0.438. The quantitative estimate of drug-likeness (QED) is 0.214. The van der Waals surface area contributed by atoms with Crippen molar-refractivity contribution in [2.45, 2.75) is 57.0 Å². The Labute approximate surface area is 252 Å². The van der Waals surface area contributed by atoms with Crippen LogP contribution in [0.3, 0.4) is 0 Å². The van der Waals surface area contributed by atoms with E-state index in [1.165, 1.54) is 16.6 Å². The molecule has 42 heavy (non-hydrogen) atoms. The number of rotatable bonds is 12. The first kappa shape index (κ1) is 32.5. The molecule has 0 aromatic heterocycles. The summed E-state index contributed by atoms with van der Waals surface area (Å²) in [6.07, 6.45) is -1.38. The van der Waals surface area contributed by atoms with E-state index in [1.54, 1.807) is 6.07 Å². The SMILES string of the molecule is C[C@H](CCO[C@@H]1CCCN(S(C)(=O)=O)C1)N(Cc1cccc(C(F)(F)F)c1Cl)CC(c1ccccc1)c1ccccc1. The molecule has 1 saturated heterocycles. The van der Waals surface area contributed by atoms with E-state index in [1.807, 2.05) is 43.3 Å². The Bertz CT molecular complexity index is 1350. The van der Waals surface area contributed by atoms with Crippen molar-refractivity contribution >= 4 is 21.6 Å². The lowest BCUT2D eigenvalue weighted by atomic mass is 9.90. The standard InChI is InChI=1S/C32H38ClF3N2O3S/c1-24(18-20-41-28-16-10-19-38(22-28)42(2,39)40)37(21-27-15-9-17-30(31(27)33)32(34,35)36)23-29(25-11-5-3-6-12-25)26-13-7-4-8-14-26/h3-9,11-15,17,24,28-29H,10,16,18-23H2,1-2H3/t24-,28-/m1/s1. The van der Waals surface area contributed by atoms with Crippen LogP contribution in [0.25, 0.3) is 0 Å². The number of halogens is 4. The van der Waals surface area contributed by atoms with Crippen molar-refractivity contribution in [2.24, 2.45) is 0 Å². The van der Waals surface area contributed by atoms with Gasteiger partial charge in [-0.3, -0.25) is 4.90 Å². The summed E-state index contributed by atoms with van der Waals surface area (Å²) >= 11 is 6.34. The first-order valence-electron chi connectivity index (χ1n) is 14.2. The summed E-state index contributed by atoms with van der Waals surface area (Å²) < 4.78 is 72.6. The summed E-state index contributed by atoms with van der Waals surface area (Å²) in [5.74, 6) is -0.0259. The van der Waals surface area contributed by atoms with Crippen LogP contribution in [0, 0.1) is 0 Å². The Balaban J connectivity index is 1.56. The van der Waals surface area contributed by atoms with Crippen LogP contribution >= 0.6 is 11.6 Å². The highest BCUT2D eigenvalue weighted by Gasteiger charge is 2.34. The lowest BCUT2D eigenvalue weighted by Crippen LogP contribution is -2.43. The van der Waals surface area contributed by atoms with Gasteiger partial charge < -0.3 is 4.74 Å². The van der Waals surface area contributed by atoms with Gasteiger partial charge in [0.25, 0.3) is 0 Å². The van der Waals surface area contributed by atoms with Crippen LogP contribution < -0.4 is 0 Å². The zero-order valence-corrected chi connectivity index (χ0v) is 25.5. The van der Waals surface area contributed by atoms with Crippen LogP contribution in [0.2, 0.25) is 5.02 Å². The topological polar surface area (TPSA) is 49.9 Å². The van der Waals surface area contributed by atoms with Crippen molar-refractivity contribution in [3.8, 4) is 0 Å². The molecule has 0 amide bonds. The number of sulfonamides is 1. The van der Waals surface area contributed by atoms with Gasteiger partial charge in [-0.2, -0.15) is 17.5 Å². The van der Waals surface area contributed by atoms with Crippen LogP contribution in [0.4, 0.5) is 13.2 Å². The van der Waals surface area contributed by atoms with E-state index in [0.717, 1.165) is 30.0 Å². The third kappa shape index (κ3) is 8.80.